The molecule has 1 aromatic rings. The number of carbonyl (C=O) groups excluding carboxylic acids is 1. The largest absolute Gasteiger partial charge is 0.469 e. The van der Waals surface area contributed by atoms with Crippen LogP contribution in [-0.2, 0) is 16.0 Å². The Morgan fingerprint density at radius 3 is 3.13 bits per heavy atom. The van der Waals surface area contributed by atoms with Crippen molar-refractivity contribution in [3.8, 4) is 0 Å². The van der Waals surface area contributed by atoms with Crippen molar-refractivity contribution >= 4 is 27.6 Å². The first-order valence-corrected chi connectivity index (χ1v) is 5.60. The lowest BCUT2D eigenvalue weighted by molar-refractivity contribution is -0.145. The van der Waals surface area contributed by atoms with E-state index in [1.54, 1.807) is 0 Å². The van der Waals surface area contributed by atoms with Gasteiger partial charge in [0.2, 0.25) is 0 Å². The Morgan fingerprint density at radius 1 is 1.60 bits per heavy atom. The van der Waals surface area contributed by atoms with Crippen molar-refractivity contribution in [3.63, 3.8) is 0 Å². The van der Waals surface area contributed by atoms with E-state index in [4.69, 9.17) is 4.74 Å². The molecule has 15 heavy (non-hydrogen) atoms. The maximum absolute atomic E-state index is 11.4. The predicted octanol–water partition coefficient (Wildman–Crippen LogP) is 2.21. The second-order valence-electron chi connectivity index (χ2n) is 3.61. The van der Waals surface area contributed by atoms with E-state index >= 15 is 0 Å². The van der Waals surface area contributed by atoms with Gasteiger partial charge in [-0.05, 0) is 30.2 Å². The van der Waals surface area contributed by atoms with Crippen LogP contribution in [0.15, 0.2) is 22.7 Å². The first kappa shape index (κ1) is 10.5. The van der Waals surface area contributed by atoms with Gasteiger partial charge in [-0.1, -0.05) is 15.9 Å². The number of halogens is 1. The first-order chi connectivity index (χ1) is 7.20. The topological polar surface area (TPSA) is 38.3 Å². The summed E-state index contributed by atoms with van der Waals surface area (Å²) >= 11 is 3.42. The summed E-state index contributed by atoms with van der Waals surface area (Å²) in [5.41, 5.74) is 2.27. The number of carbonyl (C=O) groups is 1. The second kappa shape index (κ2) is 4.23. The summed E-state index contributed by atoms with van der Waals surface area (Å²) in [6, 6.07) is 6.05. The first-order valence-electron chi connectivity index (χ1n) is 4.81. The zero-order valence-corrected chi connectivity index (χ0v) is 10.0. The monoisotopic (exact) mass is 269 g/mol. The predicted molar refractivity (Wildman–Crippen MR) is 61.8 cm³/mol. The van der Waals surface area contributed by atoms with Crippen molar-refractivity contribution in [1.82, 2.24) is 0 Å². The Morgan fingerprint density at radius 2 is 2.40 bits per heavy atom. The normalized spacial score (nSPS) is 18.9. The minimum absolute atomic E-state index is 0.0724. The van der Waals surface area contributed by atoms with Crippen molar-refractivity contribution < 1.29 is 9.53 Å². The van der Waals surface area contributed by atoms with Crippen LogP contribution in [0.25, 0.3) is 0 Å². The van der Waals surface area contributed by atoms with Crippen LogP contribution in [-0.4, -0.2) is 19.6 Å². The van der Waals surface area contributed by atoms with Gasteiger partial charge in [-0.15, -0.1) is 0 Å². The van der Waals surface area contributed by atoms with Crippen molar-refractivity contribution in [1.29, 1.82) is 0 Å². The molecular weight excluding hydrogens is 258 g/mol. The highest BCUT2D eigenvalue weighted by Crippen LogP contribution is 2.27. The fourth-order valence-corrected chi connectivity index (χ4v) is 2.22. The van der Waals surface area contributed by atoms with E-state index in [1.165, 1.54) is 7.11 Å². The number of nitrogens with one attached hydrogen (secondary N) is 1. The van der Waals surface area contributed by atoms with Crippen LogP contribution in [0.3, 0.4) is 0 Å². The summed E-state index contributed by atoms with van der Waals surface area (Å²) in [6.45, 7) is 0.654. The van der Waals surface area contributed by atoms with Gasteiger partial charge in [-0.2, -0.15) is 0 Å². The number of hydrogen-bond acceptors (Lipinski definition) is 3. The molecule has 0 fully saturated rings. The van der Waals surface area contributed by atoms with E-state index in [-0.39, 0.29) is 11.9 Å². The van der Waals surface area contributed by atoms with E-state index in [2.05, 4.69) is 21.2 Å². The Balaban J connectivity index is 2.22. The quantitative estimate of drug-likeness (QED) is 0.795. The smallest absolute Gasteiger partial charge is 0.310 e. The molecule has 1 atom stereocenters. The lowest BCUT2D eigenvalue weighted by atomic mass is 9.94. The minimum atomic E-state index is -0.145. The second-order valence-corrected chi connectivity index (χ2v) is 4.52. The van der Waals surface area contributed by atoms with E-state index in [0.717, 1.165) is 22.1 Å². The molecular formula is C11H12BrNO2. The molecule has 80 valence electrons. The summed E-state index contributed by atoms with van der Waals surface area (Å²) in [7, 11) is 1.43. The van der Waals surface area contributed by atoms with Gasteiger partial charge in [0.15, 0.2) is 0 Å². The van der Waals surface area contributed by atoms with Crippen molar-refractivity contribution in [3.05, 3.63) is 28.2 Å². The molecule has 0 radical (unpaired) electrons. The number of benzene rings is 1. The van der Waals surface area contributed by atoms with Crippen LogP contribution in [0.5, 0.6) is 0 Å². The van der Waals surface area contributed by atoms with Gasteiger partial charge >= 0.3 is 5.97 Å². The standard InChI is InChI=1S/C11H12BrNO2/c1-15-11(14)8-4-7-5-9(12)2-3-10(7)13-6-8/h2-3,5,8,13H,4,6H2,1H3. The lowest BCUT2D eigenvalue weighted by Gasteiger charge is -2.24. The average molecular weight is 270 g/mol. The maximum Gasteiger partial charge on any atom is 0.310 e. The molecule has 1 unspecified atom stereocenters. The molecule has 1 aliphatic heterocycles. The third-order valence-electron chi connectivity index (χ3n) is 2.61. The zero-order chi connectivity index (χ0) is 10.8. The van der Waals surface area contributed by atoms with Crippen LogP contribution in [0.2, 0.25) is 0 Å². The van der Waals surface area contributed by atoms with Crippen LogP contribution >= 0.6 is 15.9 Å². The summed E-state index contributed by atoms with van der Waals surface area (Å²) in [4.78, 5) is 11.4. The molecule has 1 aliphatic rings. The molecule has 1 heterocycles. The fourth-order valence-electron chi connectivity index (χ4n) is 1.81. The number of ether oxygens (including phenoxy) is 1. The highest BCUT2D eigenvalue weighted by atomic mass is 79.9. The number of fused-ring (bicyclic) bond motifs is 1. The van der Waals surface area contributed by atoms with Gasteiger partial charge in [0.1, 0.15) is 0 Å². The summed E-state index contributed by atoms with van der Waals surface area (Å²) in [6.07, 6.45) is 0.744. The average Bonchev–Trinajstić information content (AvgIpc) is 2.27. The Kier molecular flexibility index (Phi) is 2.95. The van der Waals surface area contributed by atoms with Gasteiger partial charge in [0.05, 0.1) is 13.0 Å². The van der Waals surface area contributed by atoms with Crippen LogP contribution in [0.4, 0.5) is 5.69 Å². The van der Waals surface area contributed by atoms with Crippen LogP contribution in [0, 0.1) is 5.92 Å². The van der Waals surface area contributed by atoms with Gasteiger partial charge in [-0.3, -0.25) is 4.79 Å². The Labute approximate surface area is 96.9 Å². The lowest BCUT2D eigenvalue weighted by Crippen LogP contribution is -2.30. The van der Waals surface area contributed by atoms with Gasteiger partial charge in [0, 0.05) is 16.7 Å². The highest BCUT2D eigenvalue weighted by molar-refractivity contribution is 9.10. The summed E-state index contributed by atoms with van der Waals surface area (Å²) in [5, 5.41) is 3.23. The summed E-state index contributed by atoms with van der Waals surface area (Å²) in [5.74, 6) is -0.218. The van der Waals surface area contributed by atoms with Gasteiger partial charge in [-0.25, -0.2) is 0 Å². The molecule has 1 N–H and O–H groups in total. The third-order valence-corrected chi connectivity index (χ3v) is 3.10. The van der Waals surface area contributed by atoms with E-state index < -0.39 is 0 Å². The highest BCUT2D eigenvalue weighted by Gasteiger charge is 2.24. The molecule has 3 nitrogen and oxygen atoms in total. The molecule has 2 rings (SSSR count). The van der Waals surface area contributed by atoms with E-state index in [1.807, 2.05) is 18.2 Å². The van der Waals surface area contributed by atoms with Crippen LogP contribution in [0.1, 0.15) is 5.56 Å². The molecule has 0 saturated carbocycles. The van der Waals surface area contributed by atoms with E-state index in [0.29, 0.717) is 6.54 Å². The number of rotatable bonds is 1. The molecule has 4 heteroatoms. The number of hydrogen-bond donors (Lipinski definition) is 1. The number of methoxy groups -OCH3 is 1. The Bertz CT molecular complexity index is 392. The molecule has 0 aromatic heterocycles. The SMILES string of the molecule is COC(=O)C1CNc2ccc(Br)cc2C1. The van der Waals surface area contributed by atoms with Crippen molar-refractivity contribution in [2.45, 2.75) is 6.42 Å². The van der Waals surface area contributed by atoms with Crippen LogP contribution < -0.4 is 5.32 Å². The van der Waals surface area contributed by atoms with Crippen molar-refractivity contribution in [2.24, 2.45) is 5.92 Å². The summed E-state index contributed by atoms with van der Waals surface area (Å²) < 4.78 is 5.78. The molecule has 0 spiro atoms. The third kappa shape index (κ3) is 2.15. The minimum Gasteiger partial charge on any atom is -0.469 e. The maximum atomic E-state index is 11.4. The number of esters is 1. The Hall–Kier alpha value is -1.03. The van der Waals surface area contributed by atoms with Gasteiger partial charge < -0.3 is 10.1 Å². The molecule has 0 bridgehead atoms. The zero-order valence-electron chi connectivity index (χ0n) is 8.42. The number of anilines is 1. The fraction of sp³-hybridized carbons (Fsp3) is 0.364. The van der Waals surface area contributed by atoms with Gasteiger partial charge in [0.25, 0.3) is 0 Å². The molecule has 0 amide bonds. The molecule has 1 aromatic carbocycles. The molecule has 0 saturated heterocycles. The van der Waals surface area contributed by atoms with Crippen molar-refractivity contribution in [2.75, 3.05) is 19.0 Å². The molecule has 0 aliphatic carbocycles. The van der Waals surface area contributed by atoms with E-state index in [9.17, 15) is 4.79 Å².